The average Bonchev–Trinajstić information content (AvgIpc) is 2.54. The fraction of sp³-hybridized carbons (Fsp3) is 0.385. The maximum absolute atomic E-state index is 12.0. The molecule has 1 atom stereocenters. The topological polar surface area (TPSA) is 34.1 Å². The molecule has 0 saturated heterocycles. The van der Waals surface area contributed by atoms with Crippen LogP contribution in [-0.4, -0.2) is 11.6 Å². The van der Waals surface area contributed by atoms with E-state index >= 15 is 0 Å². The third-order valence-corrected chi connectivity index (χ3v) is 3.22. The van der Waals surface area contributed by atoms with Gasteiger partial charge in [0.1, 0.15) is 5.78 Å². The standard InChI is InChI=1S/C13H13ClO2/c1-7(2)12(15)11-6-8-5-9(14)3-4-10(8)13(11)16/h3-5,7,11H,6H2,1-2H3. The van der Waals surface area contributed by atoms with Crippen LogP contribution in [0.5, 0.6) is 0 Å². The van der Waals surface area contributed by atoms with Gasteiger partial charge in [-0.1, -0.05) is 25.4 Å². The Bertz CT molecular complexity index is 463. The number of hydrogen-bond donors (Lipinski definition) is 0. The maximum Gasteiger partial charge on any atom is 0.173 e. The van der Waals surface area contributed by atoms with Crippen molar-refractivity contribution in [2.75, 3.05) is 0 Å². The summed E-state index contributed by atoms with van der Waals surface area (Å²) in [6, 6.07) is 5.19. The molecule has 2 nitrogen and oxygen atoms in total. The van der Waals surface area contributed by atoms with Gasteiger partial charge in [-0.25, -0.2) is 0 Å². The zero-order valence-corrected chi connectivity index (χ0v) is 10.0. The molecule has 16 heavy (non-hydrogen) atoms. The Morgan fingerprint density at radius 2 is 2.12 bits per heavy atom. The van der Waals surface area contributed by atoms with Gasteiger partial charge in [0.2, 0.25) is 0 Å². The highest BCUT2D eigenvalue weighted by atomic mass is 35.5. The Hall–Kier alpha value is -1.15. The lowest BCUT2D eigenvalue weighted by atomic mass is 9.92. The number of carbonyl (C=O) groups excluding carboxylic acids is 2. The summed E-state index contributed by atoms with van der Waals surface area (Å²) in [5.41, 5.74) is 1.56. The lowest BCUT2D eigenvalue weighted by Crippen LogP contribution is -2.24. The van der Waals surface area contributed by atoms with Crippen LogP contribution in [-0.2, 0) is 11.2 Å². The lowest BCUT2D eigenvalue weighted by Gasteiger charge is -2.09. The van der Waals surface area contributed by atoms with Gasteiger partial charge in [0.05, 0.1) is 5.92 Å². The Kier molecular flexibility index (Phi) is 2.85. The molecule has 0 fully saturated rings. The minimum absolute atomic E-state index is 0.0253. The molecule has 0 aromatic heterocycles. The quantitative estimate of drug-likeness (QED) is 0.740. The van der Waals surface area contributed by atoms with Crippen molar-refractivity contribution >= 4 is 23.2 Å². The Labute approximate surface area is 99.6 Å². The minimum Gasteiger partial charge on any atom is -0.299 e. The highest BCUT2D eigenvalue weighted by Gasteiger charge is 2.36. The fourth-order valence-corrected chi connectivity index (χ4v) is 2.30. The summed E-state index contributed by atoms with van der Waals surface area (Å²) in [6.07, 6.45) is 0.506. The molecule has 0 bridgehead atoms. The first-order chi connectivity index (χ1) is 7.50. The van der Waals surface area contributed by atoms with Crippen molar-refractivity contribution < 1.29 is 9.59 Å². The van der Waals surface area contributed by atoms with Crippen LogP contribution in [0.3, 0.4) is 0 Å². The first-order valence-electron chi connectivity index (χ1n) is 5.37. The first-order valence-corrected chi connectivity index (χ1v) is 5.75. The summed E-state index contributed by atoms with van der Waals surface area (Å²) in [5.74, 6) is -0.616. The summed E-state index contributed by atoms with van der Waals surface area (Å²) in [7, 11) is 0. The van der Waals surface area contributed by atoms with Crippen LogP contribution in [0.25, 0.3) is 0 Å². The van der Waals surface area contributed by atoms with E-state index in [0.29, 0.717) is 17.0 Å². The number of Topliss-reactive ketones (excluding diaryl/α,β-unsaturated/α-hetero) is 2. The van der Waals surface area contributed by atoms with Crippen molar-refractivity contribution in [2.24, 2.45) is 11.8 Å². The highest BCUT2D eigenvalue weighted by Crippen LogP contribution is 2.30. The number of rotatable bonds is 2. The summed E-state index contributed by atoms with van der Waals surface area (Å²) < 4.78 is 0. The van der Waals surface area contributed by atoms with Crippen molar-refractivity contribution in [3.8, 4) is 0 Å². The first kappa shape index (κ1) is 11.3. The van der Waals surface area contributed by atoms with Gasteiger partial charge in [-0.15, -0.1) is 0 Å². The molecule has 3 heteroatoms. The van der Waals surface area contributed by atoms with E-state index in [9.17, 15) is 9.59 Å². The van der Waals surface area contributed by atoms with E-state index in [4.69, 9.17) is 11.6 Å². The van der Waals surface area contributed by atoms with E-state index in [0.717, 1.165) is 5.56 Å². The fourth-order valence-electron chi connectivity index (χ4n) is 2.10. The number of ketones is 2. The zero-order valence-electron chi connectivity index (χ0n) is 9.29. The largest absolute Gasteiger partial charge is 0.299 e. The third-order valence-electron chi connectivity index (χ3n) is 2.99. The average molecular weight is 237 g/mol. The number of fused-ring (bicyclic) bond motifs is 1. The van der Waals surface area contributed by atoms with Gasteiger partial charge in [-0.2, -0.15) is 0 Å². The molecule has 0 amide bonds. The van der Waals surface area contributed by atoms with E-state index in [2.05, 4.69) is 0 Å². The van der Waals surface area contributed by atoms with Gasteiger partial charge >= 0.3 is 0 Å². The normalized spacial score (nSPS) is 19.0. The SMILES string of the molecule is CC(C)C(=O)C1Cc2cc(Cl)ccc2C1=O. The van der Waals surface area contributed by atoms with Crippen LogP contribution in [0.1, 0.15) is 29.8 Å². The second-order valence-electron chi connectivity index (χ2n) is 4.48. The summed E-state index contributed by atoms with van der Waals surface area (Å²) in [6.45, 7) is 3.65. The van der Waals surface area contributed by atoms with Gasteiger partial charge in [0, 0.05) is 16.5 Å². The van der Waals surface area contributed by atoms with Gasteiger partial charge < -0.3 is 0 Å². The lowest BCUT2D eigenvalue weighted by molar-refractivity contribution is -0.124. The smallest absolute Gasteiger partial charge is 0.173 e. The van der Waals surface area contributed by atoms with Crippen molar-refractivity contribution in [3.63, 3.8) is 0 Å². The van der Waals surface area contributed by atoms with Crippen LogP contribution in [0.4, 0.5) is 0 Å². The molecular formula is C13H13ClO2. The molecule has 84 valence electrons. The second-order valence-corrected chi connectivity index (χ2v) is 4.92. The van der Waals surface area contributed by atoms with Crippen LogP contribution >= 0.6 is 11.6 Å². The second kappa shape index (κ2) is 4.02. The van der Waals surface area contributed by atoms with Crippen molar-refractivity contribution in [1.29, 1.82) is 0 Å². The van der Waals surface area contributed by atoms with Crippen molar-refractivity contribution in [2.45, 2.75) is 20.3 Å². The Balaban J connectivity index is 2.34. The Morgan fingerprint density at radius 1 is 1.44 bits per heavy atom. The van der Waals surface area contributed by atoms with Gasteiger partial charge in [0.15, 0.2) is 5.78 Å². The monoisotopic (exact) mass is 236 g/mol. The minimum atomic E-state index is -0.492. The van der Waals surface area contributed by atoms with Crippen LogP contribution < -0.4 is 0 Å². The van der Waals surface area contributed by atoms with Crippen LogP contribution in [0.2, 0.25) is 5.02 Å². The highest BCUT2D eigenvalue weighted by molar-refractivity contribution is 6.31. The molecule has 0 saturated carbocycles. The number of hydrogen-bond acceptors (Lipinski definition) is 2. The molecule has 1 aliphatic rings. The Morgan fingerprint density at radius 3 is 2.75 bits per heavy atom. The van der Waals surface area contributed by atoms with Crippen molar-refractivity contribution in [3.05, 3.63) is 34.3 Å². The van der Waals surface area contributed by atoms with E-state index in [-0.39, 0.29) is 17.5 Å². The molecule has 0 N–H and O–H groups in total. The molecule has 1 aliphatic carbocycles. The van der Waals surface area contributed by atoms with E-state index < -0.39 is 5.92 Å². The van der Waals surface area contributed by atoms with Crippen LogP contribution in [0, 0.1) is 11.8 Å². The predicted octanol–water partition coefficient (Wildman–Crippen LogP) is 2.92. The molecule has 1 aromatic carbocycles. The molecule has 0 heterocycles. The predicted molar refractivity (Wildman–Crippen MR) is 62.8 cm³/mol. The number of benzene rings is 1. The van der Waals surface area contributed by atoms with Gasteiger partial charge in [-0.3, -0.25) is 9.59 Å². The number of carbonyl (C=O) groups is 2. The molecule has 1 unspecified atom stereocenters. The third kappa shape index (κ3) is 1.78. The molecule has 0 radical (unpaired) electrons. The molecule has 1 aromatic rings. The molecule has 2 rings (SSSR count). The molecule has 0 aliphatic heterocycles. The van der Waals surface area contributed by atoms with E-state index in [1.807, 2.05) is 13.8 Å². The van der Waals surface area contributed by atoms with Crippen LogP contribution in [0.15, 0.2) is 18.2 Å². The van der Waals surface area contributed by atoms with Gasteiger partial charge in [-0.05, 0) is 30.2 Å². The van der Waals surface area contributed by atoms with Crippen molar-refractivity contribution in [1.82, 2.24) is 0 Å². The molecule has 0 spiro atoms. The number of halogens is 1. The molecular weight excluding hydrogens is 224 g/mol. The summed E-state index contributed by atoms with van der Waals surface area (Å²) in [5, 5.41) is 0.615. The zero-order chi connectivity index (χ0) is 11.9. The van der Waals surface area contributed by atoms with E-state index in [1.165, 1.54) is 0 Å². The van der Waals surface area contributed by atoms with Gasteiger partial charge in [0.25, 0.3) is 0 Å². The summed E-state index contributed by atoms with van der Waals surface area (Å²) in [4.78, 5) is 23.8. The maximum atomic E-state index is 12.0. The van der Waals surface area contributed by atoms with E-state index in [1.54, 1.807) is 18.2 Å². The summed E-state index contributed by atoms with van der Waals surface area (Å²) >= 11 is 5.86.